The third kappa shape index (κ3) is 2.00. The summed E-state index contributed by atoms with van der Waals surface area (Å²) < 4.78 is 49.2. The molecule has 1 atom stereocenters. The van der Waals surface area contributed by atoms with Gasteiger partial charge in [0.2, 0.25) is 0 Å². The Balaban J connectivity index is 2.64. The maximum absolute atomic E-state index is 13.1. The van der Waals surface area contributed by atoms with Crippen molar-refractivity contribution in [2.24, 2.45) is 0 Å². The lowest BCUT2D eigenvalue weighted by Gasteiger charge is -2.27. The largest absolute Gasteiger partial charge is 0.496 e. The summed E-state index contributed by atoms with van der Waals surface area (Å²) in [6, 6.07) is 2.65. The summed E-state index contributed by atoms with van der Waals surface area (Å²) in [6.07, 6.45) is -4.54. The fourth-order valence-electron chi connectivity index (χ4n) is 2.16. The molecule has 1 unspecified atom stereocenters. The number of carbonyl (C=O) groups excluding carboxylic acids is 1. The quantitative estimate of drug-likeness (QED) is 0.777. The van der Waals surface area contributed by atoms with Crippen molar-refractivity contribution in [3.05, 3.63) is 28.8 Å². The molecule has 0 fully saturated rings. The first-order chi connectivity index (χ1) is 8.70. The van der Waals surface area contributed by atoms with E-state index >= 15 is 0 Å². The fourth-order valence-corrected chi connectivity index (χ4v) is 2.16. The van der Waals surface area contributed by atoms with Gasteiger partial charge in [0.15, 0.2) is 11.4 Å². The van der Waals surface area contributed by atoms with E-state index in [2.05, 4.69) is 0 Å². The van der Waals surface area contributed by atoms with Crippen molar-refractivity contribution in [3.8, 4) is 5.75 Å². The predicted octanol–water partition coefficient (Wildman–Crippen LogP) is 3.21. The number of methoxy groups -OCH3 is 1. The van der Waals surface area contributed by atoms with Gasteiger partial charge in [0.1, 0.15) is 5.75 Å². The Morgan fingerprint density at radius 2 is 2.05 bits per heavy atom. The van der Waals surface area contributed by atoms with Gasteiger partial charge in [-0.15, -0.1) is 0 Å². The molecule has 104 valence electrons. The number of ketones is 1. The molecule has 1 aliphatic heterocycles. The highest BCUT2D eigenvalue weighted by Crippen LogP contribution is 2.49. The second-order valence-electron chi connectivity index (χ2n) is 4.59. The number of rotatable bonds is 2. The monoisotopic (exact) mass is 274 g/mol. The molecule has 19 heavy (non-hydrogen) atoms. The standard InChI is InChI=1S/C13H13F3O3/c1-7(17)9-5-10-8(4-11(9)18-3)6-19-12(10,2)13(14,15)16/h4-5H,6H2,1-3H3. The van der Waals surface area contributed by atoms with Crippen molar-refractivity contribution in [3.63, 3.8) is 0 Å². The number of hydrogen-bond donors (Lipinski definition) is 0. The Bertz CT molecular complexity index is 537. The van der Waals surface area contributed by atoms with Crippen LogP contribution < -0.4 is 4.74 Å². The highest BCUT2D eigenvalue weighted by molar-refractivity contribution is 5.97. The summed E-state index contributed by atoms with van der Waals surface area (Å²) in [5, 5.41) is 0. The van der Waals surface area contributed by atoms with Gasteiger partial charge >= 0.3 is 6.18 Å². The van der Waals surface area contributed by atoms with Crippen molar-refractivity contribution in [2.45, 2.75) is 32.2 Å². The van der Waals surface area contributed by atoms with E-state index in [1.807, 2.05) is 0 Å². The zero-order chi connectivity index (χ0) is 14.4. The molecule has 0 aliphatic carbocycles. The molecule has 0 bridgehead atoms. The van der Waals surface area contributed by atoms with Crippen LogP contribution >= 0.6 is 0 Å². The minimum atomic E-state index is -4.54. The Morgan fingerprint density at radius 1 is 1.42 bits per heavy atom. The number of halogens is 3. The molecule has 2 rings (SSSR count). The molecule has 0 amide bonds. The Labute approximate surface area is 108 Å². The van der Waals surface area contributed by atoms with Crippen molar-refractivity contribution in [1.29, 1.82) is 0 Å². The van der Waals surface area contributed by atoms with Crippen LogP contribution in [-0.4, -0.2) is 19.1 Å². The maximum atomic E-state index is 13.1. The minimum Gasteiger partial charge on any atom is -0.496 e. The molecular formula is C13H13F3O3. The fraction of sp³-hybridized carbons (Fsp3) is 0.462. The van der Waals surface area contributed by atoms with Crippen LogP contribution in [0.3, 0.4) is 0 Å². The van der Waals surface area contributed by atoms with Crippen LogP contribution in [0.2, 0.25) is 0 Å². The van der Waals surface area contributed by atoms with E-state index in [1.54, 1.807) is 0 Å². The van der Waals surface area contributed by atoms with Crippen LogP contribution in [-0.2, 0) is 16.9 Å². The number of hydrogen-bond acceptors (Lipinski definition) is 3. The van der Waals surface area contributed by atoms with E-state index in [4.69, 9.17) is 9.47 Å². The Morgan fingerprint density at radius 3 is 2.53 bits per heavy atom. The third-order valence-corrected chi connectivity index (χ3v) is 3.38. The molecule has 1 aliphatic rings. The summed E-state index contributed by atoms with van der Waals surface area (Å²) in [5.41, 5.74) is -1.88. The lowest BCUT2D eigenvalue weighted by Crippen LogP contribution is -2.39. The minimum absolute atomic E-state index is 0.0222. The van der Waals surface area contributed by atoms with Crippen molar-refractivity contribution < 1.29 is 27.4 Å². The van der Waals surface area contributed by atoms with Crippen LogP contribution in [0.15, 0.2) is 12.1 Å². The van der Waals surface area contributed by atoms with E-state index in [1.165, 1.54) is 26.2 Å². The van der Waals surface area contributed by atoms with Crippen molar-refractivity contribution >= 4 is 5.78 Å². The van der Waals surface area contributed by atoms with Gasteiger partial charge in [-0.2, -0.15) is 13.2 Å². The maximum Gasteiger partial charge on any atom is 0.421 e. The van der Waals surface area contributed by atoms with Crippen LogP contribution in [0, 0.1) is 0 Å². The number of benzene rings is 1. The van der Waals surface area contributed by atoms with Crippen LogP contribution in [0.5, 0.6) is 5.75 Å². The number of Topliss-reactive ketones (excluding diaryl/α,β-unsaturated/α-hetero) is 1. The van der Waals surface area contributed by atoms with Gasteiger partial charge in [0.05, 0.1) is 19.3 Å². The molecule has 6 heteroatoms. The molecule has 1 aromatic carbocycles. The molecule has 0 saturated carbocycles. The van der Waals surface area contributed by atoms with Crippen LogP contribution in [0.4, 0.5) is 13.2 Å². The van der Waals surface area contributed by atoms with E-state index in [9.17, 15) is 18.0 Å². The van der Waals surface area contributed by atoms with Gasteiger partial charge in [0.25, 0.3) is 0 Å². The van der Waals surface area contributed by atoms with Gasteiger partial charge < -0.3 is 9.47 Å². The van der Waals surface area contributed by atoms with Gasteiger partial charge in [-0.05, 0) is 37.1 Å². The van der Waals surface area contributed by atoms with Crippen molar-refractivity contribution in [1.82, 2.24) is 0 Å². The average Bonchev–Trinajstić information content (AvgIpc) is 2.65. The van der Waals surface area contributed by atoms with E-state index in [0.717, 1.165) is 6.92 Å². The van der Waals surface area contributed by atoms with E-state index in [0.29, 0.717) is 5.56 Å². The topological polar surface area (TPSA) is 35.5 Å². The van der Waals surface area contributed by atoms with Gasteiger partial charge in [0, 0.05) is 0 Å². The summed E-state index contributed by atoms with van der Waals surface area (Å²) in [4.78, 5) is 11.5. The molecule has 1 heterocycles. The van der Waals surface area contributed by atoms with E-state index < -0.39 is 11.8 Å². The number of ether oxygens (including phenoxy) is 2. The van der Waals surface area contributed by atoms with Gasteiger partial charge in [-0.3, -0.25) is 4.79 Å². The summed E-state index contributed by atoms with van der Waals surface area (Å²) >= 11 is 0. The normalized spacial score (nSPS) is 22.2. The lowest BCUT2D eigenvalue weighted by atomic mass is 9.90. The summed E-state index contributed by atoms with van der Waals surface area (Å²) in [6.45, 7) is 2.10. The Hall–Kier alpha value is -1.56. The molecule has 1 aromatic rings. The first-order valence-electron chi connectivity index (χ1n) is 5.63. The predicted molar refractivity (Wildman–Crippen MR) is 61.2 cm³/mol. The molecular weight excluding hydrogens is 261 g/mol. The second kappa shape index (κ2) is 4.23. The zero-order valence-electron chi connectivity index (χ0n) is 10.7. The Kier molecular flexibility index (Phi) is 3.09. The molecule has 0 spiro atoms. The number of carbonyl (C=O) groups is 1. The average molecular weight is 274 g/mol. The molecule has 0 radical (unpaired) electrons. The van der Waals surface area contributed by atoms with E-state index in [-0.39, 0.29) is 29.3 Å². The van der Waals surface area contributed by atoms with Crippen LogP contribution in [0.1, 0.15) is 35.3 Å². The highest BCUT2D eigenvalue weighted by atomic mass is 19.4. The number of fused-ring (bicyclic) bond motifs is 1. The first-order valence-corrected chi connectivity index (χ1v) is 5.63. The smallest absolute Gasteiger partial charge is 0.421 e. The lowest BCUT2D eigenvalue weighted by molar-refractivity contribution is -0.272. The van der Waals surface area contributed by atoms with Gasteiger partial charge in [-0.1, -0.05) is 0 Å². The van der Waals surface area contributed by atoms with Crippen molar-refractivity contribution in [2.75, 3.05) is 7.11 Å². The highest BCUT2D eigenvalue weighted by Gasteiger charge is 2.57. The first kappa shape index (κ1) is 13.9. The van der Waals surface area contributed by atoms with Crippen LogP contribution in [0.25, 0.3) is 0 Å². The molecule has 0 aromatic heterocycles. The zero-order valence-corrected chi connectivity index (χ0v) is 10.7. The molecule has 0 saturated heterocycles. The third-order valence-electron chi connectivity index (χ3n) is 3.38. The van der Waals surface area contributed by atoms with Gasteiger partial charge in [-0.25, -0.2) is 0 Å². The SMILES string of the molecule is COc1cc2c(cc1C(C)=O)C(C)(C(F)(F)F)OC2. The summed E-state index contributed by atoms with van der Waals surface area (Å²) in [7, 11) is 1.37. The molecule has 3 nitrogen and oxygen atoms in total. The second-order valence-corrected chi connectivity index (χ2v) is 4.59. The number of alkyl halides is 3. The summed E-state index contributed by atoms with van der Waals surface area (Å²) in [5.74, 6) is -0.0858. The molecule has 0 N–H and O–H groups in total.